The average Bonchev–Trinajstić information content (AvgIpc) is 3.14. The van der Waals surface area contributed by atoms with Gasteiger partial charge in [-0.25, -0.2) is 0 Å². The van der Waals surface area contributed by atoms with Gasteiger partial charge < -0.3 is 10.6 Å². The fraction of sp³-hybridized carbons (Fsp3) is 0.200. The highest BCUT2D eigenvalue weighted by atomic mass is 32.2. The minimum Gasteiger partial charge on any atom is -0.351 e. The lowest BCUT2D eigenvalue weighted by Gasteiger charge is -2.09. The van der Waals surface area contributed by atoms with E-state index in [2.05, 4.69) is 20.8 Å². The smallest absolute Gasteiger partial charge is 0.230 e. The number of amides is 2. The van der Waals surface area contributed by atoms with Crippen LogP contribution in [-0.2, 0) is 16.1 Å². The van der Waals surface area contributed by atoms with Gasteiger partial charge in [-0.1, -0.05) is 47.7 Å². The van der Waals surface area contributed by atoms with Crippen LogP contribution >= 0.6 is 11.8 Å². The molecular weight excluding hydrogens is 374 g/mol. The van der Waals surface area contributed by atoms with Gasteiger partial charge in [-0.3, -0.25) is 14.2 Å². The fourth-order valence-electron chi connectivity index (χ4n) is 2.52. The summed E-state index contributed by atoms with van der Waals surface area (Å²) in [4.78, 5) is 23.4. The number of anilines is 1. The largest absolute Gasteiger partial charge is 0.351 e. The Morgan fingerprint density at radius 2 is 1.93 bits per heavy atom. The molecule has 0 spiro atoms. The lowest BCUT2D eigenvalue weighted by atomic mass is 10.1. The lowest BCUT2D eigenvalue weighted by Crippen LogP contribution is -2.24. The number of nitrogens with one attached hydrogen (secondary N) is 2. The van der Waals surface area contributed by atoms with Crippen molar-refractivity contribution < 1.29 is 9.59 Å². The van der Waals surface area contributed by atoms with Crippen LogP contribution in [0.15, 0.2) is 60.0 Å². The van der Waals surface area contributed by atoms with Gasteiger partial charge in [0.05, 0.1) is 11.4 Å². The summed E-state index contributed by atoms with van der Waals surface area (Å²) in [7, 11) is 0. The van der Waals surface area contributed by atoms with Crippen molar-refractivity contribution in [2.24, 2.45) is 0 Å². The first-order valence-corrected chi connectivity index (χ1v) is 9.73. The van der Waals surface area contributed by atoms with E-state index in [0.717, 1.165) is 11.3 Å². The first-order chi connectivity index (χ1) is 13.5. The molecule has 0 aliphatic heterocycles. The van der Waals surface area contributed by atoms with E-state index in [1.165, 1.54) is 24.2 Å². The number of carbonyl (C=O) groups excluding carboxylic acids is 2. The lowest BCUT2D eigenvalue weighted by molar-refractivity contribution is -0.118. The zero-order chi connectivity index (χ0) is 19.9. The van der Waals surface area contributed by atoms with E-state index in [1.54, 1.807) is 17.0 Å². The molecule has 0 saturated heterocycles. The highest BCUT2D eigenvalue weighted by Crippen LogP contribution is 2.21. The quantitative estimate of drug-likeness (QED) is 0.601. The molecule has 28 heavy (non-hydrogen) atoms. The maximum atomic E-state index is 12.2. The predicted octanol–water partition coefficient (Wildman–Crippen LogP) is 2.94. The number of carbonyl (C=O) groups is 2. The van der Waals surface area contributed by atoms with E-state index in [9.17, 15) is 9.59 Å². The second-order valence-corrected chi connectivity index (χ2v) is 7.21. The Labute approximate surface area is 167 Å². The van der Waals surface area contributed by atoms with Crippen molar-refractivity contribution in [1.82, 2.24) is 20.1 Å². The van der Waals surface area contributed by atoms with Crippen molar-refractivity contribution in [3.05, 3.63) is 66.0 Å². The Hall–Kier alpha value is -3.13. The zero-order valence-electron chi connectivity index (χ0n) is 15.7. The number of hydrogen-bond acceptors (Lipinski definition) is 5. The third-order valence-electron chi connectivity index (χ3n) is 3.90. The van der Waals surface area contributed by atoms with Crippen molar-refractivity contribution >= 4 is 29.3 Å². The number of aryl methyl sites for hydroxylation is 1. The van der Waals surface area contributed by atoms with Crippen LogP contribution in [0.1, 0.15) is 18.1 Å². The molecule has 0 saturated carbocycles. The first-order valence-electron chi connectivity index (χ1n) is 8.74. The Morgan fingerprint density at radius 3 is 2.68 bits per heavy atom. The minimum atomic E-state index is -0.138. The summed E-state index contributed by atoms with van der Waals surface area (Å²) in [6.45, 7) is 3.98. The minimum absolute atomic E-state index is 0.0767. The van der Waals surface area contributed by atoms with Crippen LogP contribution in [0.2, 0.25) is 0 Å². The molecule has 0 aliphatic rings. The van der Waals surface area contributed by atoms with Gasteiger partial charge in [0.1, 0.15) is 6.33 Å². The highest BCUT2D eigenvalue weighted by molar-refractivity contribution is 7.99. The van der Waals surface area contributed by atoms with Crippen LogP contribution in [0.4, 0.5) is 5.69 Å². The number of thioether (sulfide) groups is 1. The maximum Gasteiger partial charge on any atom is 0.230 e. The van der Waals surface area contributed by atoms with Gasteiger partial charge >= 0.3 is 0 Å². The fourth-order valence-corrected chi connectivity index (χ4v) is 3.28. The Morgan fingerprint density at radius 1 is 1.14 bits per heavy atom. The number of nitrogens with zero attached hydrogens (tertiary/aromatic N) is 3. The van der Waals surface area contributed by atoms with E-state index in [1.807, 2.05) is 49.4 Å². The van der Waals surface area contributed by atoms with Crippen LogP contribution in [0, 0.1) is 6.92 Å². The number of aromatic nitrogens is 3. The SMILES string of the molecule is CC(=O)Nc1cccc(-n2cnnc2SCC(=O)NCc2ccc(C)cc2)c1. The van der Waals surface area contributed by atoms with E-state index >= 15 is 0 Å². The molecule has 3 aromatic rings. The molecule has 1 aromatic heterocycles. The third-order valence-corrected chi connectivity index (χ3v) is 4.85. The van der Waals surface area contributed by atoms with Crippen molar-refractivity contribution in [2.75, 3.05) is 11.1 Å². The van der Waals surface area contributed by atoms with Crippen LogP contribution in [0.25, 0.3) is 5.69 Å². The molecule has 2 amide bonds. The first kappa shape index (κ1) is 19.6. The average molecular weight is 395 g/mol. The summed E-state index contributed by atoms with van der Waals surface area (Å²) in [5.74, 6) is 0.0172. The number of benzene rings is 2. The van der Waals surface area contributed by atoms with Crippen molar-refractivity contribution in [1.29, 1.82) is 0 Å². The Kier molecular flexibility index (Phi) is 6.44. The van der Waals surface area contributed by atoms with Crippen molar-refractivity contribution in [3.8, 4) is 5.69 Å². The van der Waals surface area contributed by atoms with Gasteiger partial charge in [-0.15, -0.1) is 10.2 Å². The van der Waals surface area contributed by atoms with E-state index in [-0.39, 0.29) is 17.6 Å². The van der Waals surface area contributed by atoms with E-state index in [4.69, 9.17) is 0 Å². The summed E-state index contributed by atoms with van der Waals surface area (Å²) < 4.78 is 1.78. The highest BCUT2D eigenvalue weighted by Gasteiger charge is 2.11. The van der Waals surface area contributed by atoms with Gasteiger partial charge in [0.25, 0.3) is 0 Å². The van der Waals surface area contributed by atoms with Crippen LogP contribution in [0.3, 0.4) is 0 Å². The van der Waals surface area contributed by atoms with E-state index < -0.39 is 0 Å². The molecule has 2 aromatic carbocycles. The topological polar surface area (TPSA) is 88.9 Å². The van der Waals surface area contributed by atoms with Gasteiger partial charge in [0.2, 0.25) is 11.8 Å². The Bertz CT molecular complexity index is 969. The second-order valence-electron chi connectivity index (χ2n) is 6.27. The molecule has 0 fully saturated rings. The maximum absolute atomic E-state index is 12.2. The molecule has 0 aliphatic carbocycles. The molecule has 8 heteroatoms. The molecule has 1 heterocycles. The number of rotatable bonds is 7. The standard InChI is InChI=1S/C20H21N5O2S/c1-14-6-8-16(9-7-14)11-21-19(27)12-28-20-24-22-13-25(20)18-5-3-4-17(10-18)23-15(2)26/h3-10,13H,11-12H2,1-2H3,(H,21,27)(H,23,26). The molecule has 144 valence electrons. The van der Waals surface area contributed by atoms with Crippen LogP contribution in [0.5, 0.6) is 0 Å². The summed E-state index contributed by atoms with van der Waals surface area (Å²) in [6.07, 6.45) is 1.58. The molecule has 2 N–H and O–H groups in total. The summed E-state index contributed by atoms with van der Waals surface area (Å²) in [6, 6.07) is 15.4. The summed E-state index contributed by atoms with van der Waals surface area (Å²) >= 11 is 1.30. The molecule has 3 rings (SSSR count). The van der Waals surface area contributed by atoms with Gasteiger partial charge in [-0.05, 0) is 30.7 Å². The van der Waals surface area contributed by atoms with Crippen LogP contribution < -0.4 is 10.6 Å². The summed E-state index contributed by atoms with van der Waals surface area (Å²) in [5.41, 5.74) is 3.73. The molecule has 0 unspecified atom stereocenters. The number of hydrogen-bond donors (Lipinski definition) is 2. The molecule has 0 bridgehead atoms. The van der Waals surface area contributed by atoms with Gasteiger partial charge in [-0.2, -0.15) is 0 Å². The molecule has 0 radical (unpaired) electrons. The van der Waals surface area contributed by atoms with E-state index in [0.29, 0.717) is 17.4 Å². The normalized spacial score (nSPS) is 10.5. The van der Waals surface area contributed by atoms with Gasteiger partial charge in [0.15, 0.2) is 5.16 Å². The molecular formula is C20H21N5O2S. The molecule has 0 atom stereocenters. The second kappa shape index (κ2) is 9.18. The zero-order valence-corrected chi connectivity index (χ0v) is 16.5. The van der Waals surface area contributed by atoms with Gasteiger partial charge in [0, 0.05) is 19.2 Å². The van der Waals surface area contributed by atoms with Crippen LogP contribution in [-0.4, -0.2) is 32.3 Å². The van der Waals surface area contributed by atoms with Crippen molar-refractivity contribution in [3.63, 3.8) is 0 Å². The van der Waals surface area contributed by atoms with Crippen molar-refractivity contribution in [2.45, 2.75) is 25.5 Å². The predicted molar refractivity (Wildman–Crippen MR) is 109 cm³/mol. The summed E-state index contributed by atoms with van der Waals surface area (Å²) in [5, 5.41) is 14.3. The third kappa shape index (κ3) is 5.43. The monoisotopic (exact) mass is 395 g/mol. The Balaban J connectivity index is 1.59. The molecule has 7 nitrogen and oxygen atoms in total.